The molecule has 0 radical (unpaired) electrons. The Balaban J connectivity index is 1.47. The fourth-order valence-corrected chi connectivity index (χ4v) is 6.29. The minimum atomic E-state index is -0.387. The number of anilines is 1. The summed E-state index contributed by atoms with van der Waals surface area (Å²) in [6.07, 6.45) is 6.18. The van der Waals surface area contributed by atoms with Crippen LogP contribution in [0.5, 0.6) is 0 Å². The number of hydrogen-bond donors (Lipinski definition) is 1. The van der Waals surface area contributed by atoms with Crippen molar-refractivity contribution in [3.8, 4) is 0 Å². The smallest absolute Gasteiger partial charge is 0.338 e. The molecule has 176 valence electrons. The lowest BCUT2D eigenvalue weighted by Crippen LogP contribution is -2.30. The van der Waals surface area contributed by atoms with E-state index in [4.69, 9.17) is 9.72 Å². The number of fused-ring (bicyclic) bond motifs is 1. The van der Waals surface area contributed by atoms with Gasteiger partial charge in [0.05, 0.1) is 28.5 Å². The van der Waals surface area contributed by atoms with Gasteiger partial charge in [-0.05, 0) is 44.0 Å². The second-order valence-corrected chi connectivity index (χ2v) is 10.8. The monoisotopic (exact) mass is 487 g/mol. The molecular formula is C24H29N3O4S2. The maximum atomic E-state index is 13.3. The molecule has 0 bridgehead atoms. The highest BCUT2D eigenvalue weighted by molar-refractivity contribution is 8.00. The molecular weight excluding hydrogens is 458 g/mol. The van der Waals surface area contributed by atoms with Gasteiger partial charge in [-0.15, -0.1) is 11.8 Å². The van der Waals surface area contributed by atoms with Crippen LogP contribution >= 0.6 is 23.5 Å². The summed E-state index contributed by atoms with van der Waals surface area (Å²) in [5, 5.41) is 3.85. The summed E-state index contributed by atoms with van der Waals surface area (Å²) in [5.41, 5.74) is 1.96. The second kappa shape index (κ2) is 10.8. The molecule has 1 aliphatic carbocycles. The fourth-order valence-electron chi connectivity index (χ4n) is 4.31. The largest absolute Gasteiger partial charge is 0.462 e. The SMILES string of the molecule is CCOC(=O)c1ccc(NC(=O)CSc2nc3c(c(=O)n2C2CCCCC2)SC(C)C3)cc1. The highest BCUT2D eigenvalue weighted by Crippen LogP contribution is 2.37. The van der Waals surface area contributed by atoms with E-state index in [0.29, 0.717) is 28.3 Å². The molecule has 7 nitrogen and oxygen atoms in total. The summed E-state index contributed by atoms with van der Waals surface area (Å²) < 4.78 is 6.84. The molecule has 1 amide bonds. The van der Waals surface area contributed by atoms with Crippen LogP contribution in [0.1, 0.15) is 68.0 Å². The Hall–Kier alpha value is -2.26. The first kappa shape index (κ1) is 23.9. The van der Waals surface area contributed by atoms with E-state index < -0.39 is 0 Å². The predicted molar refractivity (Wildman–Crippen MR) is 131 cm³/mol. The molecule has 1 fully saturated rings. The van der Waals surface area contributed by atoms with Crippen LogP contribution in [0, 0.1) is 0 Å². The number of benzene rings is 1. The molecule has 1 aliphatic heterocycles. The van der Waals surface area contributed by atoms with Crippen molar-refractivity contribution in [2.75, 3.05) is 17.7 Å². The van der Waals surface area contributed by atoms with Crippen molar-refractivity contribution in [3.05, 3.63) is 45.9 Å². The molecule has 1 unspecified atom stereocenters. The van der Waals surface area contributed by atoms with Crippen molar-refractivity contribution in [2.45, 2.75) is 73.7 Å². The number of carbonyl (C=O) groups is 2. The van der Waals surface area contributed by atoms with Gasteiger partial charge in [0.25, 0.3) is 5.56 Å². The minimum Gasteiger partial charge on any atom is -0.462 e. The van der Waals surface area contributed by atoms with Crippen LogP contribution in [-0.2, 0) is 16.0 Å². The minimum absolute atomic E-state index is 0.0544. The second-order valence-electron chi connectivity index (χ2n) is 8.40. The van der Waals surface area contributed by atoms with E-state index >= 15 is 0 Å². The summed E-state index contributed by atoms with van der Waals surface area (Å²) in [6.45, 7) is 4.19. The maximum absolute atomic E-state index is 13.3. The Morgan fingerprint density at radius 2 is 1.94 bits per heavy atom. The quantitative estimate of drug-likeness (QED) is 0.344. The molecule has 9 heteroatoms. The van der Waals surface area contributed by atoms with Crippen LogP contribution in [0.25, 0.3) is 0 Å². The molecule has 2 aliphatic rings. The van der Waals surface area contributed by atoms with Gasteiger partial charge in [0.1, 0.15) is 0 Å². The number of nitrogens with zero attached hydrogens (tertiary/aromatic N) is 2. The average Bonchev–Trinajstić information content (AvgIpc) is 3.19. The molecule has 4 rings (SSSR count). The van der Waals surface area contributed by atoms with Crippen LogP contribution < -0.4 is 10.9 Å². The van der Waals surface area contributed by atoms with Crippen molar-refractivity contribution >= 4 is 41.1 Å². The summed E-state index contributed by atoms with van der Waals surface area (Å²) in [4.78, 5) is 43.4. The molecule has 1 aromatic heterocycles. The number of ether oxygens (including phenoxy) is 1. The van der Waals surface area contributed by atoms with Crippen LogP contribution in [0.2, 0.25) is 0 Å². The van der Waals surface area contributed by atoms with Crippen molar-refractivity contribution in [1.82, 2.24) is 9.55 Å². The van der Waals surface area contributed by atoms with Crippen molar-refractivity contribution in [3.63, 3.8) is 0 Å². The number of rotatable bonds is 7. The van der Waals surface area contributed by atoms with Crippen LogP contribution in [0.15, 0.2) is 39.1 Å². The van der Waals surface area contributed by atoms with Crippen molar-refractivity contribution < 1.29 is 14.3 Å². The van der Waals surface area contributed by atoms with Gasteiger partial charge in [0.15, 0.2) is 5.16 Å². The van der Waals surface area contributed by atoms with E-state index in [0.717, 1.165) is 42.7 Å². The fraction of sp³-hybridized carbons (Fsp3) is 0.500. The summed E-state index contributed by atoms with van der Waals surface area (Å²) in [6, 6.07) is 6.77. The molecule has 2 aromatic rings. The van der Waals surface area contributed by atoms with Gasteiger partial charge in [-0.1, -0.05) is 37.9 Å². The Morgan fingerprint density at radius 1 is 1.21 bits per heavy atom. The number of esters is 1. The zero-order valence-electron chi connectivity index (χ0n) is 19.0. The maximum Gasteiger partial charge on any atom is 0.338 e. The number of amides is 1. The van der Waals surface area contributed by atoms with E-state index in [-0.39, 0.29) is 29.2 Å². The molecule has 33 heavy (non-hydrogen) atoms. The van der Waals surface area contributed by atoms with Crippen LogP contribution in [0.4, 0.5) is 5.69 Å². The Bertz CT molecular complexity index is 1080. The average molecular weight is 488 g/mol. The summed E-state index contributed by atoms with van der Waals surface area (Å²) >= 11 is 2.94. The third kappa shape index (κ3) is 5.63. The first-order valence-electron chi connectivity index (χ1n) is 11.5. The normalized spacial score (nSPS) is 18.1. The molecule has 1 saturated carbocycles. The van der Waals surface area contributed by atoms with Gasteiger partial charge in [-0.25, -0.2) is 9.78 Å². The van der Waals surface area contributed by atoms with Gasteiger partial charge in [0, 0.05) is 23.4 Å². The van der Waals surface area contributed by atoms with E-state index in [1.807, 2.05) is 4.57 Å². The number of carbonyl (C=O) groups excluding carboxylic acids is 2. The highest BCUT2D eigenvalue weighted by atomic mass is 32.2. The van der Waals surface area contributed by atoms with Gasteiger partial charge < -0.3 is 10.1 Å². The van der Waals surface area contributed by atoms with Crippen molar-refractivity contribution in [2.24, 2.45) is 0 Å². The van der Waals surface area contributed by atoms with Gasteiger partial charge in [-0.2, -0.15) is 0 Å². The Kier molecular flexibility index (Phi) is 7.80. The van der Waals surface area contributed by atoms with Gasteiger partial charge in [-0.3, -0.25) is 14.2 Å². The molecule has 1 aromatic carbocycles. The Morgan fingerprint density at radius 3 is 2.64 bits per heavy atom. The third-order valence-corrected chi connectivity index (χ3v) is 8.03. The first-order chi connectivity index (χ1) is 16.0. The van der Waals surface area contributed by atoms with Gasteiger partial charge in [0.2, 0.25) is 5.91 Å². The van der Waals surface area contributed by atoms with Crippen LogP contribution in [-0.4, -0.2) is 39.0 Å². The van der Waals surface area contributed by atoms with E-state index in [1.54, 1.807) is 43.0 Å². The third-order valence-electron chi connectivity index (χ3n) is 5.86. The molecule has 1 N–H and O–H groups in total. The van der Waals surface area contributed by atoms with Crippen molar-refractivity contribution in [1.29, 1.82) is 0 Å². The number of thioether (sulfide) groups is 2. The topological polar surface area (TPSA) is 90.3 Å². The molecule has 1 atom stereocenters. The lowest BCUT2D eigenvalue weighted by Gasteiger charge is -2.26. The molecule has 2 heterocycles. The first-order valence-corrected chi connectivity index (χ1v) is 13.3. The number of nitrogens with one attached hydrogen (secondary N) is 1. The zero-order chi connectivity index (χ0) is 23.4. The zero-order valence-corrected chi connectivity index (χ0v) is 20.6. The lowest BCUT2D eigenvalue weighted by molar-refractivity contribution is -0.113. The highest BCUT2D eigenvalue weighted by Gasteiger charge is 2.29. The van der Waals surface area contributed by atoms with Crippen LogP contribution in [0.3, 0.4) is 0 Å². The van der Waals surface area contributed by atoms with Gasteiger partial charge >= 0.3 is 5.97 Å². The van der Waals surface area contributed by atoms with E-state index in [2.05, 4.69) is 12.2 Å². The van der Waals surface area contributed by atoms with E-state index in [1.165, 1.54) is 18.2 Å². The lowest BCUT2D eigenvalue weighted by atomic mass is 9.95. The summed E-state index contributed by atoms with van der Waals surface area (Å²) in [5.74, 6) is -0.418. The Labute approximate surface area is 202 Å². The molecule has 0 spiro atoms. The number of hydrogen-bond acceptors (Lipinski definition) is 7. The molecule has 0 saturated heterocycles. The summed E-state index contributed by atoms with van der Waals surface area (Å²) in [7, 11) is 0. The standard InChI is InChI=1S/C24H29N3O4S2/c1-3-31-23(30)16-9-11-17(12-10-16)25-20(28)14-32-24-26-19-13-15(2)33-21(19)22(29)27(24)18-7-5-4-6-8-18/h9-12,15,18H,3-8,13-14H2,1-2H3,(H,25,28). The number of aromatic nitrogens is 2. The van der Waals surface area contributed by atoms with E-state index in [9.17, 15) is 14.4 Å². The predicted octanol–water partition coefficient (Wildman–Crippen LogP) is 4.69.